The van der Waals surface area contributed by atoms with Crippen LogP contribution >= 0.6 is 22.6 Å². The SMILES string of the molecule is CNCC(=O)OC(C)CI. The van der Waals surface area contributed by atoms with Gasteiger partial charge in [-0.2, -0.15) is 0 Å². The van der Waals surface area contributed by atoms with E-state index in [0.29, 0.717) is 6.54 Å². The normalized spacial score (nSPS) is 12.7. The van der Waals surface area contributed by atoms with Crippen molar-refractivity contribution in [1.29, 1.82) is 0 Å². The third kappa shape index (κ3) is 4.99. The molecule has 0 aliphatic heterocycles. The lowest BCUT2D eigenvalue weighted by molar-refractivity contribution is -0.145. The molecule has 0 bridgehead atoms. The zero-order chi connectivity index (χ0) is 7.98. The smallest absolute Gasteiger partial charge is 0.320 e. The molecule has 0 radical (unpaired) electrons. The average Bonchev–Trinajstić information content (AvgIpc) is 1.88. The maximum absolute atomic E-state index is 10.7. The number of carbonyl (C=O) groups is 1. The van der Waals surface area contributed by atoms with Crippen molar-refractivity contribution in [1.82, 2.24) is 5.32 Å². The first kappa shape index (κ1) is 10.2. The second-order valence-electron chi connectivity index (χ2n) is 1.99. The zero-order valence-electron chi connectivity index (χ0n) is 6.19. The molecule has 60 valence electrons. The fraction of sp³-hybridized carbons (Fsp3) is 0.833. The lowest BCUT2D eigenvalue weighted by atomic mass is 10.5. The number of rotatable bonds is 4. The molecule has 0 saturated carbocycles. The Balaban J connectivity index is 3.37. The Morgan fingerprint density at radius 3 is 2.80 bits per heavy atom. The quantitative estimate of drug-likeness (QED) is 0.454. The molecule has 0 aliphatic carbocycles. The van der Waals surface area contributed by atoms with Crippen molar-refractivity contribution >= 4 is 28.6 Å². The zero-order valence-corrected chi connectivity index (χ0v) is 8.34. The van der Waals surface area contributed by atoms with E-state index >= 15 is 0 Å². The van der Waals surface area contributed by atoms with Gasteiger partial charge in [0.25, 0.3) is 0 Å². The third-order valence-electron chi connectivity index (χ3n) is 0.871. The van der Waals surface area contributed by atoms with E-state index in [1.807, 2.05) is 6.92 Å². The van der Waals surface area contributed by atoms with Crippen molar-refractivity contribution < 1.29 is 9.53 Å². The summed E-state index contributed by atoms with van der Waals surface area (Å²) < 4.78 is 5.77. The summed E-state index contributed by atoms with van der Waals surface area (Å²) in [5.74, 6) is -0.188. The average molecular weight is 257 g/mol. The van der Waals surface area contributed by atoms with Crippen LogP contribution in [0.15, 0.2) is 0 Å². The van der Waals surface area contributed by atoms with Gasteiger partial charge in [0.15, 0.2) is 0 Å². The standard InChI is InChI=1S/C6H12INO2/c1-5(3-7)10-6(9)4-8-2/h5,8H,3-4H2,1-2H3. The molecular formula is C6H12INO2. The predicted molar refractivity (Wildman–Crippen MR) is 48.4 cm³/mol. The highest BCUT2D eigenvalue weighted by molar-refractivity contribution is 14.1. The van der Waals surface area contributed by atoms with Gasteiger partial charge in [-0.05, 0) is 14.0 Å². The van der Waals surface area contributed by atoms with E-state index in [1.54, 1.807) is 7.05 Å². The molecular weight excluding hydrogens is 245 g/mol. The third-order valence-corrected chi connectivity index (χ3v) is 2.11. The molecule has 3 nitrogen and oxygen atoms in total. The highest BCUT2D eigenvalue weighted by atomic mass is 127. The monoisotopic (exact) mass is 257 g/mol. The summed E-state index contributed by atoms with van der Waals surface area (Å²) in [7, 11) is 1.72. The molecule has 0 spiro atoms. The molecule has 4 heteroatoms. The molecule has 0 amide bonds. The topological polar surface area (TPSA) is 38.3 Å². The maximum atomic E-state index is 10.7. The van der Waals surface area contributed by atoms with Crippen LogP contribution in [0.25, 0.3) is 0 Å². The summed E-state index contributed by atoms with van der Waals surface area (Å²) in [6.07, 6.45) is 0.0291. The Morgan fingerprint density at radius 2 is 2.40 bits per heavy atom. The summed E-state index contributed by atoms with van der Waals surface area (Å²) >= 11 is 2.18. The fourth-order valence-electron chi connectivity index (χ4n) is 0.442. The van der Waals surface area contributed by atoms with Gasteiger partial charge in [0.05, 0.1) is 6.54 Å². The number of carbonyl (C=O) groups excluding carboxylic acids is 1. The molecule has 0 fully saturated rings. The number of alkyl halides is 1. The van der Waals surface area contributed by atoms with E-state index in [0.717, 1.165) is 4.43 Å². The summed E-state index contributed by atoms with van der Waals surface area (Å²) in [6, 6.07) is 0. The molecule has 0 aliphatic rings. The number of esters is 1. The summed E-state index contributed by atoms with van der Waals surface area (Å²) in [5.41, 5.74) is 0. The Labute approximate surface area is 74.7 Å². The molecule has 1 atom stereocenters. The molecule has 1 unspecified atom stereocenters. The van der Waals surface area contributed by atoms with Crippen molar-refractivity contribution in [3.05, 3.63) is 0 Å². The first-order chi connectivity index (χ1) is 4.70. The largest absolute Gasteiger partial charge is 0.461 e. The van der Waals surface area contributed by atoms with Gasteiger partial charge >= 0.3 is 5.97 Å². The first-order valence-corrected chi connectivity index (χ1v) is 4.63. The van der Waals surface area contributed by atoms with Gasteiger partial charge in [0.2, 0.25) is 0 Å². The molecule has 0 rings (SSSR count). The van der Waals surface area contributed by atoms with Gasteiger partial charge < -0.3 is 10.1 Å². The van der Waals surface area contributed by atoms with E-state index < -0.39 is 0 Å². The lowest BCUT2D eigenvalue weighted by Crippen LogP contribution is -2.25. The van der Waals surface area contributed by atoms with Crippen LogP contribution in [0.3, 0.4) is 0 Å². The molecule has 10 heavy (non-hydrogen) atoms. The Bertz CT molecular complexity index is 108. The number of nitrogens with one attached hydrogen (secondary N) is 1. The molecule has 0 aromatic carbocycles. The highest BCUT2D eigenvalue weighted by Gasteiger charge is 2.05. The van der Waals surface area contributed by atoms with E-state index in [4.69, 9.17) is 4.74 Å². The van der Waals surface area contributed by atoms with Gasteiger partial charge in [0, 0.05) is 4.43 Å². The molecule has 1 N–H and O–H groups in total. The minimum atomic E-state index is -0.188. The molecule has 0 aromatic heterocycles. The van der Waals surface area contributed by atoms with Crippen LogP contribution in [-0.2, 0) is 9.53 Å². The Hall–Kier alpha value is 0.160. The molecule has 0 aromatic rings. The number of ether oxygens (including phenoxy) is 1. The van der Waals surface area contributed by atoms with Crippen LogP contribution in [0, 0.1) is 0 Å². The second kappa shape index (κ2) is 5.91. The Kier molecular flexibility index (Phi) is 6.00. The van der Waals surface area contributed by atoms with Crippen molar-refractivity contribution in [2.75, 3.05) is 18.0 Å². The van der Waals surface area contributed by atoms with Crippen LogP contribution in [0.5, 0.6) is 0 Å². The second-order valence-corrected chi connectivity index (χ2v) is 2.87. The predicted octanol–water partition coefficient (Wildman–Crippen LogP) is 0.572. The molecule has 0 heterocycles. The Morgan fingerprint density at radius 1 is 1.80 bits per heavy atom. The van der Waals surface area contributed by atoms with Crippen molar-refractivity contribution in [2.45, 2.75) is 13.0 Å². The number of halogens is 1. The summed E-state index contributed by atoms with van der Waals surface area (Å²) in [6.45, 7) is 2.17. The van der Waals surface area contributed by atoms with Gasteiger partial charge in [-0.15, -0.1) is 0 Å². The van der Waals surface area contributed by atoms with Gasteiger partial charge in [0.1, 0.15) is 6.10 Å². The van der Waals surface area contributed by atoms with E-state index in [2.05, 4.69) is 27.9 Å². The number of likely N-dealkylation sites (N-methyl/N-ethyl adjacent to an activating group) is 1. The van der Waals surface area contributed by atoms with Crippen LogP contribution < -0.4 is 5.32 Å². The summed E-state index contributed by atoms with van der Waals surface area (Å²) in [5, 5.41) is 2.72. The first-order valence-electron chi connectivity index (χ1n) is 3.10. The van der Waals surface area contributed by atoms with Crippen LogP contribution in [0.4, 0.5) is 0 Å². The molecule has 0 saturated heterocycles. The van der Waals surface area contributed by atoms with E-state index in [9.17, 15) is 4.79 Å². The van der Waals surface area contributed by atoms with Gasteiger partial charge in [-0.1, -0.05) is 22.6 Å². The number of hydrogen-bond donors (Lipinski definition) is 1. The van der Waals surface area contributed by atoms with Crippen LogP contribution in [0.1, 0.15) is 6.92 Å². The van der Waals surface area contributed by atoms with Gasteiger partial charge in [-0.3, -0.25) is 4.79 Å². The van der Waals surface area contributed by atoms with E-state index in [-0.39, 0.29) is 12.1 Å². The maximum Gasteiger partial charge on any atom is 0.320 e. The number of hydrogen-bond acceptors (Lipinski definition) is 3. The van der Waals surface area contributed by atoms with Gasteiger partial charge in [-0.25, -0.2) is 0 Å². The van der Waals surface area contributed by atoms with E-state index in [1.165, 1.54) is 0 Å². The van der Waals surface area contributed by atoms with Crippen LogP contribution in [0.2, 0.25) is 0 Å². The minimum Gasteiger partial charge on any atom is -0.461 e. The fourth-order valence-corrected chi connectivity index (χ4v) is 0.622. The highest BCUT2D eigenvalue weighted by Crippen LogP contribution is 1.95. The van der Waals surface area contributed by atoms with Crippen LogP contribution in [-0.4, -0.2) is 30.1 Å². The van der Waals surface area contributed by atoms with Crippen molar-refractivity contribution in [2.24, 2.45) is 0 Å². The minimum absolute atomic E-state index is 0.0291. The summed E-state index contributed by atoms with van der Waals surface area (Å²) in [4.78, 5) is 10.7. The van der Waals surface area contributed by atoms with Crippen molar-refractivity contribution in [3.8, 4) is 0 Å². The van der Waals surface area contributed by atoms with Crippen molar-refractivity contribution in [3.63, 3.8) is 0 Å². The lowest BCUT2D eigenvalue weighted by Gasteiger charge is -2.08.